The zero-order valence-electron chi connectivity index (χ0n) is 52.9. The van der Waals surface area contributed by atoms with Crippen molar-refractivity contribution in [2.75, 3.05) is 34.4 Å². The number of methoxy groups -OCH3 is 3. The number of carboxylic acids is 3. The predicted molar refractivity (Wildman–Crippen MR) is 308 cm³/mol. The summed E-state index contributed by atoms with van der Waals surface area (Å²) in [4.78, 5) is 118. The maximum atomic E-state index is 11.8. The van der Waals surface area contributed by atoms with E-state index in [0.29, 0.717) is 82.5 Å². The fraction of sp³-hybridized carbons (Fsp3) is 0.692. The molecule has 89 heavy (non-hydrogen) atoms. The summed E-state index contributed by atoms with van der Waals surface area (Å²) in [7, 11) is 7.39. The summed E-state index contributed by atoms with van der Waals surface area (Å²) in [6.45, 7) is 11.2. The molecule has 5 amide bonds. The number of hydrogen-bond donors (Lipinski definition) is 5. The van der Waals surface area contributed by atoms with E-state index in [4.69, 9.17) is 23.9 Å². The van der Waals surface area contributed by atoms with Gasteiger partial charge < -0.3 is 65.6 Å². The van der Waals surface area contributed by atoms with Gasteiger partial charge in [-0.15, -0.1) is 27.6 Å². The Morgan fingerprint density at radius 3 is 1.45 bits per heavy atom. The number of Topliss-reactive ketones (excluding diaryl/α,β-unsaturated/α-hetero) is 1. The SMILES string of the molecule is C#CCC.CC(=O)ON1C(=O)CCC1=O.CCCc1cn(CCCCC(NC(=O)OC)C(=O)CC)nn1.CCCc1cn(CCCCC(NC(=O)OC)C(=O)O)nn1.COC(=O)NC(CCCCN=[N+]=[N-])C(=O)[O-].[3H][B].[Cu].[N-]=[N+]=NCCCCC([NH3+])C(=O)[O-].[U]. The van der Waals surface area contributed by atoms with Crippen LogP contribution in [0.4, 0.5) is 14.4 Å². The van der Waals surface area contributed by atoms with Crippen molar-refractivity contribution in [2.24, 2.45) is 10.2 Å². The number of aromatic nitrogens is 6. The molecule has 1 fully saturated rings. The van der Waals surface area contributed by atoms with E-state index in [2.05, 4.69) is 110 Å². The van der Waals surface area contributed by atoms with E-state index in [0.717, 1.165) is 83.3 Å². The Hall–Kier alpha value is -7.44. The number of carbonyl (C=O) groups excluding carboxylic acids is 9. The van der Waals surface area contributed by atoms with Gasteiger partial charge in [-0.2, -0.15) is 0 Å². The number of alkyl carbamates (subject to hydrolysis) is 3. The molecule has 3 heterocycles. The number of amides is 5. The minimum atomic E-state index is -1.37. The normalized spacial score (nSPS) is 11.8. The van der Waals surface area contributed by atoms with Crippen LogP contribution in [-0.4, -0.2) is 168 Å². The molecule has 0 aromatic carbocycles. The average Bonchev–Trinajstić information content (AvgIpc) is 2.51. The number of azide groups is 2. The largest absolute Gasteiger partial charge is 0.548 e. The van der Waals surface area contributed by atoms with Crippen molar-refractivity contribution in [1.82, 2.24) is 51.0 Å². The van der Waals surface area contributed by atoms with Gasteiger partial charge in [-0.3, -0.25) is 23.7 Å². The van der Waals surface area contributed by atoms with Gasteiger partial charge in [0.05, 0.1) is 56.7 Å². The molecule has 34 nitrogen and oxygen atoms in total. The second-order valence-electron chi connectivity index (χ2n) is 18.1. The van der Waals surface area contributed by atoms with Crippen LogP contribution in [-0.2, 0) is 95.6 Å². The Balaban J connectivity index is -0.000000243. The molecule has 0 spiro atoms. The quantitative estimate of drug-likeness (QED) is 0.00998. The minimum absolute atomic E-state index is 0. The van der Waals surface area contributed by atoms with Gasteiger partial charge in [0.15, 0.2) is 5.78 Å². The summed E-state index contributed by atoms with van der Waals surface area (Å²) >= 11 is 0. The fourth-order valence-electron chi connectivity index (χ4n) is 6.65. The molecule has 2 aromatic heterocycles. The van der Waals surface area contributed by atoms with E-state index < -0.39 is 78.1 Å². The first kappa shape index (κ1) is 90.3. The zero-order valence-corrected chi connectivity index (χ0v) is 57.0. The number of carbonyl (C=O) groups is 10. The number of nitrogens with zero attached hydrogens (tertiary/aromatic N) is 13. The number of hydroxylamine groups is 2. The Morgan fingerprint density at radius 2 is 1.10 bits per heavy atom. The molecule has 0 bridgehead atoms. The van der Waals surface area contributed by atoms with Gasteiger partial charge in [0.25, 0.3) is 11.8 Å². The number of nitrogens with one attached hydrogen (secondary N) is 3. The molecule has 4 unspecified atom stereocenters. The van der Waals surface area contributed by atoms with Crippen molar-refractivity contribution in [3.8, 4) is 12.3 Å². The van der Waals surface area contributed by atoms with Crippen LogP contribution in [0.2, 0.25) is 0 Å². The van der Waals surface area contributed by atoms with Crippen LogP contribution in [0.3, 0.4) is 0 Å². The number of hydrogen-bond acceptors (Lipinski definition) is 22. The third kappa shape index (κ3) is 51.2. The molecular weight excluding hydrogens is 1450 g/mol. The van der Waals surface area contributed by atoms with Crippen LogP contribution in [0.15, 0.2) is 22.6 Å². The third-order valence-electron chi connectivity index (χ3n) is 11.1. The molecule has 2 aromatic rings. The van der Waals surface area contributed by atoms with Crippen molar-refractivity contribution in [3.05, 3.63) is 44.7 Å². The van der Waals surface area contributed by atoms with E-state index in [1.807, 2.05) is 24.0 Å². The number of imide groups is 1. The van der Waals surface area contributed by atoms with Gasteiger partial charge in [-0.05, 0) is 89.4 Å². The third-order valence-corrected chi connectivity index (χ3v) is 11.1. The number of ketones is 1. The Morgan fingerprint density at radius 1 is 0.719 bits per heavy atom. The standard InChI is InChI=1S/C15H26N4O3.C13H22N4O4.C8H14N4O4.C6H12N4O2.C6H7NO4.C4H6.BH.Cu.U/c1-4-8-12-11-19(18-17-12)10-7-6-9-13(14(20)5-2)16-15(21)22-3;1-3-6-10-9-17(16-15-10)8-5-4-7-11(12(18)19)14-13(20)21-2;1-16-8(15)11-6(7(13)14)4-2-3-5-10-12-9;7-5(6(11)12)3-1-2-4-9-10-8;1-4(8)11-7-5(9)2-3-6(7)10;1-3-4-2;;;/h11,13H,4-10H2,1-3H3,(H,16,21);9,11H,3-8H2,1-2H3,(H,14,20)(H,18,19);6H,2-5H2,1H3,(H,11,15)(H,13,14);5H,1-4,7H2,(H,11,12);2-3H2,1H3;1H,4H2,2H3;1H;;/p-1/i;;;;;;1T;;. The van der Waals surface area contributed by atoms with Gasteiger partial charge in [-0.1, -0.05) is 67.6 Å². The summed E-state index contributed by atoms with van der Waals surface area (Å²) in [5.41, 5.74) is 21.3. The maximum Gasteiger partial charge on any atom is 0.407 e. The molecule has 4 atom stereocenters. The molecule has 501 valence electrons. The first-order valence-electron chi connectivity index (χ1n) is 28.4. The Labute approximate surface area is 555 Å². The molecule has 0 saturated carbocycles. The number of rotatable bonds is 33. The van der Waals surface area contributed by atoms with E-state index in [1.165, 1.54) is 14.2 Å². The monoisotopic (exact) mass is 1540 g/mol. The number of carboxylic acid groups (broad SMARTS) is 3. The van der Waals surface area contributed by atoms with Crippen molar-refractivity contribution in [1.29, 1.82) is 1.34 Å². The number of aryl methyl sites for hydroxylation is 4. The average molecular weight is 1540 g/mol. The Bertz CT molecular complexity index is 2490. The number of unbranched alkanes of at least 4 members (excludes halogenated alkanes) is 4. The number of ether oxygens (including phenoxy) is 3. The summed E-state index contributed by atoms with van der Waals surface area (Å²) in [6.07, 6.45) is 19.2. The fourth-order valence-corrected chi connectivity index (χ4v) is 6.65. The van der Waals surface area contributed by atoms with E-state index in [1.54, 1.807) is 11.6 Å². The van der Waals surface area contributed by atoms with Crippen molar-refractivity contribution < 1.29 is 136 Å². The zero-order chi connectivity index (χ0) is 67.7. The van der Waals surface area contributed by atoms with Crippen molar-refractivity contribution in [2.45, 2.75) is 200 Å². The number of aliphatic carboxylic acids is 3. The topological polar surface area (TPSA) is 500 Å². The predicted octanol–water partition coefficient (Wildman–Crippen LogP) is 2.08. The smallest absolute Gasteiger partial charge is 0.407 e. The van der Waals surface area contributed by atoms with Crippen LogP contribution in [0, 0.1) is 43.5 Å². The Kier molecular flexibility index (Phi) is 61.7. The van der Waals surface area contributed by atoms with Crippen LogP contribution in [0.5, 0.6) is 0 Å². The van der Waals surface area contributed by atoms with Crippen molar-refractivity contribution >= 4 is 68.1 Å². The number of terminal acetylenes is 1. The second-order valence-corrected chi connectivity index (χ2v) is 18.1. The van der Waals surface area contributed by atoms with Gasteiger partial charge in [0, 0.05) is 144 Å². The van der Waals surface area contributed by atoms with Crippen LogP contribution >= 0.6 is 0 Å². The van der Waals surface area contributed by atoms with E-state index >= 15 is 0 Å². The van der Waals surface area contributed by atoms with Gasteiger partial charge in [0.2, 0.25) is 0 Å². The maximum absolute atomic E-state index is 11.8. The molecule has 3 rings (SSSR count). The van der Waals surface area contributed by atoms with Crippen LogP contribution < -0.4 is 31.9 Å². The first-order valence-corrected chi connectivity index (χ1v) is 27.8. The summed E-state index contributed by atoms with van der Waals surface area (Å²) in [5.74, 6) is -2.67. The molecule has 3 radical (unpaired) electrons. The molecule has 7 N–H and O–H groups in total. The summed E-state index contributed by atoms with van der Waals surface area (Å²) < 4.78 is 22.1. The van der Waals surface area contributed by atoms with Gasteiger partial charge in [0.1, 0.15) is 12.1 Å². The summed E-state index contributed by atoms with van der Waals surface area (Å²) in [5, 5.41) is 60.1. The molecule has 37 heteroatoms. The van der Waals surface area contributed by atoms with Crippen molar-refractivity contribution in [3.63, 3.8) is 0 Å². The number of quaternary nitrogens is 1. The van der Waals surface area contributed by atoms with Gasteiger partial charge >= 0.3 is 30.2 Å². The summed E-state index contributed by atoms with van der Waals surface area (Å²) in [6, 6.07) is -3.14. The molecular formula is C52H87BCuN17O17U-. The van der Waals surface area contributed by atoms with E-state index in [9.17, 15) is 58.2 Å². The first-order chi connectivity index (χ1) is 42.0. The second kappa shape index (κ2) is 60.8. The molecule has 0 aliphatic carbocycles. The van der Waals surface area contributed by atoms with Crippen LogP contribution in [0.1, 0.15) is 162 Å². The van der Waals surface area contributed by atoms with Crippen LogP contribution in [0.25, 0.3) is 20.9 Å². The van der Waals surface area contributed by atoms with E-state index in [-0.39, 0.29) is 73.2 Å². The molecule has 1 aliphatic heterocycles. The molecule has 1 saturated heterocycles. The molecule has 1 aliphatic rings. The minimum Gasteiger partial charge on any atom is -0.548 e. The van der Waals surface area contributed by atoms with Gasteiger partial charge in [-0.25, -0.2) is 24.0 Å².